The van der Waals surface area contributed by atoms with Crippen molar-refractivity contribution < 1.29 is 14.7 Å². The molecule has 2 fully saturated rings. The molecule has 0 aromatic rings. The minimum Gasteiger partial charge on any atom is -0.481 e. The molecule has 4 heteroatoms. The molecule has 2 N–H and O–H groups in total. The van der Waals surface area contributed by atoms with E-state index in [1.54, 1.807) is 0 Å². The van der Waals surface area contributed by atoms with Gasteiger partial charge in [-0.2, -0.15) is 0 Å². The van der Waals surface area contributed by atoms with Crippen molar-refractivity contribution in [1.29, 1.82) is 0 Å². The first-order valence-electron chi connectivity index (χ1n) is 7.69. The van der Waals surface area contributed by atoms with Gasteiger partial charge in [-0.1, -0.05) is 32.1 Å². The summed E-state index contributed by atoms with van der Waals surface area (Å²) in [7, 11) is 0. The van der Waals surface area contributed by atoms with Gasteiger partial charge in [0.1, 0.15) is 0 Å². The zero-order valence-corrected chi connectivity index (χ0v) is 11.6. The standard InChI is InChI=1S/C15H25NO3/c17-14(10-11-6-4-5-7-11)16-13-9-3-1-2-8-12(13)15(18)19/h11-13H,1-10H2,(H,16,17)(H,18,19)/t12-,13+/m1/s1. The number of nitrogens with one attached hydrogen (secondary N) is 1. The van der Waals surface area contributed by atoms with E-state index in [9.17, 15) is 14.7 Å². The second kappa shape index (κ2) is 6.92. The maximum Gasteiger partial charge on any atom is 0.308 e. The van der Waals surface area contributed by atoms with E-state index in [-0.39, 0.29) is 11.9 Å². The van der Waals surface area contributed by atoms with Gasteiger partial charge in [0, 0.05) is 12.5 Å². The van der Waals surface area contributed by atoms with E-state index in [0.717, 1.165) is 38.5 Å². The lowest BCUT2D eigenvalue weighted by Crippen LogP contribution is -2.43. The lowest BCUT2D eigenvalue weighted by Gasteiger charge is -2.23. The van der Waals surface area contributed by atoms with Gasteiger partial charge in [0.2, 0.25) is 5.91 Å². The van der Waals surface area contributed by atoms with E-state index < -0.39 is 11.9 Å². The summed E-state index contributed by atoms with van der Waals surface area (Å²) in [5, 5.41) is 12.3. The third-order valence-corrected chi connectivity index (χ3v) is 4.63. The Balaban J connectivity index is 1.86. The van der Waals surface area contributed by atoms with Crippen molar-refractivity contribution in [2.75, 3.05) is 0 Å². The molecule has 19 heavy (non-hydrogen) atoms. The number of rotatable bonds is 4. The monoisotopic (exact) mass is 267 g/mol. The molecule has 0 heterocycles. The Morgan fingerprint density at radius 1 is 0.947 bits per heavy atom. The Labute approximate surface area is 115 Å². The molecule has 0 unspecified atom stereocenters. The number of carbonyl (C=O) groups excluding carboxylic acids is 1. The van der Waals surface area contributed by atoms with Crippen molar-refractivity contribution in [1.82, 2.24) is 5.32 Å². The van der Waals surface area contributed by atoms with Crippen LogP contribution in [0.2, 0.25) is 0 Å². The number of hydrogen-bond acceptors (Lipinski definition) is 2. The van der Waals surface area contributed by atoms with Crippen LogP contribution in [0.3, 0.4) is 0 Å². The molecule has 0 saturated heterocycles. The first-order chi connectivity index (χ1) is 9.16. The van der Waals surface area contributed by atoms with Crippen LogP contribution in [0.1, 0.15) is 64.2 Å². The highest BCUT2D eigenvalue weighted by Crippen LogP contribution is 2.28. The van der Waals surface area contributed by atoms with E-state index in [1.807, 2.05) is 0 Å². The highest BCUT2D eigenvalue weighted by Gasteiger charge is 2.31. The second-order valence-corrected chi connectivity index (χ2v) is 6.11. The van der Waals surface area contributed by atoms with Gasteiger partial charge in [0.05, 0.1) is 5.92 Å². The highest BCUT2D eigenvalue weighted by molar-refractivity contribution is 5.78. The summed E-state index contributed by atoms with van der Waals surface area (Å²) in [6.07, 6.45) is 9.95. The number of hydrogen-bond donors (Lipinski definition) is 2. The van der Waals surface area contributed by atoms with Crippen molar-refractivity contribution >= 4 is 11.9 Å². The maximum atomic E-state index is 12.0. The maximum absolute atomic E-state index is 12.0. The van der Waals surface area contributed by atoms with Crippen molar-refractivity contribution in [3.8, 4) is 0 Å². The zero-order chi connectivity index (χ0) is 13.7. The molecule has 2 saturated carbocycles. The molecule has 108 valence electrons. The van der Waals surface area contributed by atoms with Gasteiger partial charge < -0.3 is 10.4 Å². The minimum atomic E-state index is -0.756. The summed E-state index contributed by atoms with van der Waals surface area (Å²) >= 11 is 0. The van der Waals surface area contributed by atoms with Crippen LogP contribution in [0.4, 0.5) is 0 Å². The summed E-state index contributed by atoms with van der Waals surface area (Å²) in [5.74, 6) is -0.567. The molecule has 0 spiro atoms. The molecule has 2 aliphatic carbocycles. The van der Waals surface area contributed by atoms with Gasteiger partial charge in [-0.25, -0.2) is 0 Å². The van der Waals surface area contributed by atoms with Crippen LogP contribution in [-0.4, -0.2) is 23.0 Å². The quantitative estimate of drug-likeness (QED) is 0.770. The summed E-state index contributed by atoms with van der Waals surface area (Å²) in [5.41, 5.74) is 0. The van der Waals surface area contributed by atoms with Crippen LogP contribution in [0, 0.1) is 11.8 Å². The molecule has 2 atom stereocenters. The van der Waals surface area contributed by atoms with Gasteiger partial charge in [-0.05, 0) is 31.6 Å². The first kappa shape index (κ1) is 14.4. The van der Waals surface area contributed by atoms with E-state index >= 15 is 0 Å². The molecule has 1 amide bonds. The van der Waals surface area contributed by atoms with Crippen LogP contribution in [-0.2, 0) is 9.59 Å². The lowest BCUT2D eigenvalue weighted by atomic mass is 9.94. The molecule has 2 rings (SSSR count). The fraction of sp³-hybridized carbons (Fsp3) is 0.867. The molecular weight excluding hydrogens is 242 g/mol. The van der Waals surface area contributed by atoms with Crippen molar-refractivity contribution in [3.63, 3.8) is 0 Å². The Kier molecular flexibility index (Phi) is 5.23. The van der Waals surface area contributed by atoms with Crippen molar-refractivity contribution in [2.24, 2.45) is 11.8 Å². The Hall–Kier alpha value is -1.06. The van der Waals surface area contributed by atoms with Gasteiger partial charge in [-0.15, -0.1) is 0 Å². The topological polar surface area (TPSA) is 66.4 Å². The Bertz CT molecular complexity index is 323. The minimum absolute atomic E-state index is 0.0602. The highest BCUT2D eigenvalue weighted by atomic mass is 16.4. The predicted molar refractivity (Wildman–Crippen MR) is 72.7 cm³/mol. The SMILES string of the molecule is O=C(CC1CCCC1)N[C@H]1CCCCC[C@H]1C(=O)O. The number of carboxylic acid groups (broad SMARTS) is 1. The molecule has 0 aromatic carbocycles. The molecule has 0 radical (unpaired) electrons. The number of carbonyl (C=O) groups is 2. The molecular formula is C15H25NO3. The molecule has 2 aliphatic rings. The van der Waals surface area contributed by atoms with Crippen LogP contribution in [0.5, 0.6) is 0 Å². The fourth-order valence-electron chi connectivity index (χ4n) is 3.52. The zero-order valence-electron chi connectivity index (χ0n) is 11.6. The van der Waals surface area contributed by atoms with Crippen LogP contribution >= 0.6 is 0 Å². The predicted octanol–water partition coefficient (Wildman–Crippen LogP) is 2.72. The normalized spacial score (nSPS) is 28.8. The van der Waals surface area contributed by atoms with E-state index in [0.29, 0.717) is 18.8 Å². The molecule has 4 nitrogen and oxygen atoms in total. The lowest BCUT2D eigenvalue weighted by molar-refractivity contribution is -0.143. The summed E-state index contributed by atoms with van der Waals surface area (Å²) in [4.78, 5) is 23.3. The van der Waals surface area contributed by atoms with Gasteiger partial charge in [0.25, 0.3) is 0 Å². The van der Waals surface area contributed by atoms with Crippen LogP contribution in [0.15, 0.2) is 0 Å². The fourth-order valence-corrected chi connectivity index (χ4v) is 3.52. The summed E-state index contributed by atoms with van der Waals surface area (Å²) in [6.45, 7) is 0. The Morgan fingerprint density at radius 2 is 1.58 bits per heavy atom. The first-order valence-corrected chi connectivity index (χ1v) is 7.69. The van der Waals surface area contributed by atoms with Crippen LogP contribution in [0.25, 0.3) is 0 Å². The second-order valence-electron chi connectivity index (χ2n) is 6.11. The summed E-state index contributed by atoms with van der Waals surface area (Å²) in [6, 6.07) is -0.158. The molecule has 0 aliphatic heterocycles. The van der Waals surface area contributed by atoms with E-state index in [1.165, 1.54) is 12.8 Å². The van der Waals surface area contributed by atoms with Gasteiger partial charge in [0.15, 0.2) is 0 Å². The Morgan fingerprint density at radius 3 is 2.26 bits per heavy atom. The van der Waals surface area contributed by atoms with Gasteiger partial charge in [-0.3, -0.25) is 9.59 Å². The van der Waals surface area contributed by atoms with Crippen molar-refractivity contribution in [3.05, 3.63) is 0 Å². The van der Waals surface area contributed by atoms with Crippen molar-refractivity contribution in [2.45, 2.75) is 70.3 Å². The smallest absolute Gasteiger partial charge is 0.308 e. The number of amides is 1. The third kappa shape index (κ3) is 4.22. The largest absolute Gasteiger partial charge is 0.481 e. The molecule has 0 aromatic heterocycles. The van der Waals surface area contributed by atoms with E-state index in [2.05, 4.69) is 5.32 Å². The van der Waals surface area contributed by atoms with Gasteiger partial charge >= 0.3 is 5.97 Å². The molecule has 0 bridgehead atoms. The summed E-state index contributed by atoms with van der Waals surface area (Å²) < 4.78 is 0. The number of aliphatic carboxylic acids is 1. The number of carboxylic acids is 1. The third-order valence-electron chi connectivity index (χ3n) is 4.63. The average Bonchev–Trinajstić information content (AvgIpc) is 2.73. The van der Waals surface area contributed by atoms with Crippen LogP contribution < -0.4 is 5.32 Å². The van der Waals surface area contributed by atoms with E-state index in [4.69, 9.17) is 0 Å². The average molecular weight is 267 g/mol.